The number of hydrogen-bond donors (Lipinski definition) is 1. The minimum absolute atomic E-state index is 0.206. The lowest BCUT2D eigenvalue weighted by atomic mass is 10.4. The average Bonchev–Trinajstić information content (AvgIpc) is 2.61. The number of rotatable bonds is 2. The summed E-state index contributed by atoms with van der Waals surface area (Å²) in [7, 11) is 0. The second-order valence-corrected chi connectivity index (χ2v) is 2.66. The lowest BCUT2D eigenvalue weighted by Crippen LogP contribution is -2.00. The Hall–Kier alpha value is -1.98. The van der Waals surface area contributed by atoms with Crippen LogP contribution in [0.2, 0.25) is 0 Å². The SMILES string of the molecule is Nc1cn(-c2ncccn2)nc1CF. The summed E-state index contributed by atoms with van der Waals surface area (Å²) in [6.07, 6.45) is 4.65. The number of anilines is 1. The van der Waals surface area contributed by atoms with Gasteiger partial charge in [0.05, 0.1) is 11.9 Å². The first-order valence-corrected chi connectivity index (χ1v) is 3.98. The van der Waals surface area contributed by atoms with Crippen molar-refractivity contribution in [1.29, 1.82) is 0 Å². The van der Waals surface area contributed by atoms with E-state index in [9.17, 15) is 4.39 Å². The minimum atomic E-state index is -0.689. The molecule has 2 aromatic rings. The van der Waals surface area contributed by atoms with Crippen LogP contribution in [0, 0.1) is 0 Å². The van der Waals surface area contributed by atoms with E-state index in [4.69, 9.17) is 5.73 Å². The van der Waals surface area contributed by atoms with E-state index in [0.717, 1.165) is 0 Å². The molecule has 72 valence electrons. The Morgan fingerprint density at radius 1 is 1.36 bits per heavy atom. The standard InChI is InChI=1S/C8H8FN5/c9-4-7-6(10)5-14(13-7)8-11-2-1-3-12-8/h1-3,5H,4,10H2. The summed E-state index contributed by atoms with van der Waals surface area (Å²) in [6, 6.07) is 1.69. The zero-order valence-corrected chi connectivity index (χ0v) is 7.26. The molecule has 0 aliphatic rings. The molecule has 0 unspecified atom stereocenters. The van der Waals surface area contributed by atoms with Crippen LogP contribution >= 0.6 is 0 Å². The normalized spacial score (nSPS) is 10.4. The number of nitrogens with zero attached hydrogens (tertiary/aromatic N) is 4. The molecular formula is C8H8FN5. The van der Waals surface area contributed by atoms with Crippen molar-refractivity contribution >= 4 is 5.69 Å². The van der Waals surface area contributed by atoms with E-state index in [1.54, 1.807) is 18.5 Å². The van der Waals surface area contributed by atoms with Gasteiger partial charge in [0.25, 0.3) is 5.95 Å². The largest absolute Gasteiger partial charge is 0.396 e. The second-order valence-electron chi connectivity index (χ2n) is 2.66. The molecule has 2 rings (SSSR count). The van der Waals surface area contributed by atoms with Crippen molar-refractivity contribution in [2.75, 3.05) is 5.73 Å². The Labute approximate surface area is 79.4 Å². The smallest absolute Gasteiger partial charge is 0.250 e. The Balaban J connectivity index is 2.43. The van der Waals surface area contributed by atoms with Gasteiger partial charge in [-0.05, 0) is 6.07 Å². The molecular weight excluding hydrogens is 185 g/mol. The van der Waals surface area contributed by atoms with Crippen LogP contribution in [0.3, 0.4) is 0 Å². The van der Waals surface area contributed by atoms with Crippen molar-refractivity contribution in [2.24, 2.45) is 0 Å². The predicted molar refractivity (Wildman–Crippen MR) is 48.4 cm³/mol. The summed E-state index contributed by atoms with van der Waals surface area (Å²) < 4.78 is 13.7. The van der Waals surface area contributed by atoms with Gasteiger partial charge < -0.3 is 5.73 Å². The van der Waals surface area contributed by atoms with Crippen molar-refractivity contribution in [1.82, 2.24) is 19.7 Å². The molecule has 2 N–H and O–H groups in total. The van der Waals surface area contributed by atoms with Gasteiger partial charge >= 0.3 is 0 Å². The van der Waals surface area contributed by atoms with Gasteiger partial charge in [-0.2, -0.15) is 5.10 Å². The Morgan fingerprint density at radius 3 is 2.64 bits per heavy atom. The van der Waals surface area contributed by atoms with Gasteiger partial charge in [0.15, 0.2) is 0 Å². The number of nitrogens with two attached hydrogens (primary N) is 1. The number of halogens is 1. The summed E-state index contributed by atoms with van der Waals surface area (Å²) in [5.74, 6) is 0.374. The van der Waals surface area contributed by atoms with Crippen molar-refractivity contribution in [3.63, 3.8) is 0 Å². The lowest BCUT2D eigenvalue weighted by Gasteiger charge is -1.95. The molecule has 0 aliphatic heterocycles. The molecule has 0 amide bonds. The van der Waals surface area contributed by atoms with E-state index in [1.807, 2.05) is 0 Å². The summed E-state index contributed by atoms with van der Waals surface area (Å²) in [6.45, 7) is -0.689. The molecule has 0 bridgehead atoms. The van der Waals surface area contributed by atoms with Crippen LogP contribution in [0.5, 0.6) is 0 Å². The van der Waals surface area contributed by atoms with E-state index in [2.05, 4.69) is 15.1 Å². The Kier molecular flexibility index (Phi) is 2.10. The van der Waals surface area contributed by atoms with Crippen LogP contribution in [0.1, 0.15) is 5.69 Å². The molecule has 0 atom stereocenters. The summed E-state index contributed by atoms with van der Waals surface area (Å²) in [5, 5.41) is 3.89. The zero-order valence-electron chi connectivity index (χ0n) is 7.26. The van der Waals surface area contributed by atoms with Gasteiger partial charge in [0.1, 0.15) is 12.4 Å². The first kappa shape index (κ1) is 8.61. The Morgan fingerprint density at radius 2 is 2.07 bits per heavy atom. The molecule has 2 heterocycles. The molecule has 5 nitrogen and oxygen atoms in total. The van der Waals surface area contributed by atoms with Crippen LogP contribution in [0.25, 0.3) is 5.95 Å². The fraction of sp³-hybridized carbons (Fsp3) is 0.125. The van der Waals surface area contributed by atoms with Gasteiger partial charge in [-0.15, -0.1) is 0 Å². The fourth-order valence-corrected chi connectivity index (χ4v) is 1.04. The van der Waals surface area contributed by atoms with E-state index in [-0.39, 0.29) is 5.69 Å². The van der Waals surface area contributed by atoms with E-state index >= 15 is 0 Å². The molecule has 6 heteroatoms. The maximum atomic E-state index is 12.3. The zero-order chi connectivity index (χ0) is 9.97. The molecule has 0 aliphatic carbocycles. The maximum Gasteiger partial charge on any atom is 0.250 e. The monoisotopic (exact) mass is 193 g/mol. The molecule has 14 heavy (non-hydrogen) atoms. The van der Waals surface area contributed by atoms with Crippen molar-refractivity contribution in [3.05, 3.63) is 30.4 Å². The highest BCUT2D eigenvalue weighted by Crippen LogP contribution is 2.11. The number of aromatic nitrogens is 4. The van der Waals surface area contributed by atoms with Crippen LogP contribution in [-0.4, -0.2) is 19.7 Å². The third-order valence-corrected chi connectivity index (χ3v) is 1.71. The predicted octanol–water partition coefficient (Wildman–Crippen LogP) is 0.714. The topological polar surface area (TPSA) is 69.6 Å². The third kappa shape index (κ3) is 1.41. The number of nitrogen functional groups attached to an aromatic ring is 1. The van der Waals surface area contributed by atoms with Gasteiger partial charge in [0.2, 0.25) is 0 Å². The number of alkyl halides is 1. The summed E-state index contributed by atoms with van der Waals surface area (Å²) in [5.41, 5.74) is 6.02. The van der Waals surface area contributed by atoms with Crippen molar-refractivity contribution in [2.45, 2.75) is 6.67 Å². The van der Waals surface area contributed by atoms with Gasteiger partial charge in [-0.25, -0.2) is 19.0 Å². The van der Waals surface area contributed by atoms with E-state index in [1.165, 1.54) is 10.9 Å². The molecule has 0 fully saturated rings. The van der Waals surface area contributed by atoms with Crippen LogP contribution in [-0.2, 0) is 6.67 Å². The van der Waals surface area contributed by atoms with E-state index in [0.29, 0.717) is 11.6 Å². The quantitative estimate of drug-likeness (QED) is 0.762. The second kappa shape index (κ2) is 3.41. The van der Waals surface area contributed by atoms with Crippen LogP contribution < -0.4 is 5.73 Å². The number of hydrogen-bond acceptors (Lipinski definition) is 4. The maximum absolute atomic E-state index is 12.3. The van der Waals surface area contributed by atoms with Gasteiger partial charge in [-0.1, -0.05) is 0 Å². The first-order valence-electron chi connectivity index (χ1n) is 3.98. The first-order chi connectivity index (χ1) is 6.81. The highest BCUT2D eigenvalue weighted by Gasteiger charge is 2.07. The molecule has 0 radical (unpaired) electrons. The molecule has 2 aromatic heterocycles. The minimum Gasteiger partial charge on any atom is -0.396 e. The highest BCUT2D eigenvalue weighted by molar-refractivity contribution is 5.41. The lowest BCUT2D eigenvalue weighted by molar-refractivity contribution is 0.474. The molecule has 0 saturated heterocycles. The molecule has 0 aromatic carbocycles. The van der Waals surface area contributed by atoms with Crippen molar-refractivity contribution in [3.8, 4) is 5.95 Å². The highest BCUT2D eigenvalue weighted by atomic mass is 19.1. The Bertz CT molecular complexity index is 425. The van der Waals surface area contributed by atoms with Gasteiger partial charge in [-0.3, -0.25) is 0 Å². The van der Waals surface area contributed by atoms with E-state index < -0.39 is 6.67 Å². The summed E-state index contributed by atoms with van der Waals surface area (Å²) >= 11 is 0. The average molecular weight is 193 g/mol. The molecule has 0 spiro atoms. The fourth-order valence-electron chi connectivity index (χ4n) is 1.04. The van der Waals surface area contributed by atoms with Crippen molar-refractivity contribution < 1.29 is 4.39 Å². The van der Waals surface area contributed by atoms with Gasteiger partial charge in [0, 0.05) is 12.4 Å². The summed E-state index contributed by atoms with van der Waals surface area (Å²) in [4.78, 5) is 7.90. The van der Waals surface area contributed by atoms with Crippen LogP contribution in [0.15, 0.2) is 24.7 Å². The third-order valence-electron chi connectivity index (χ3n) is 1.71. The molecule has 0 saturated carbocycles. The van der Waals surface area contributed by atoms with Crippen LogP contribution in [0.4, 0.5) is 10.1 Å².